The molecule has 1 aromatic carbocycles. The molecule has 1 saturated heterocycles. The van der Waals surface area contributed by atoms with E-state index in [1.165, 1.54) is 41.2 Å². The first-order chi connectivity index (χ1) is 18.2. The second kappa shape index (κ2) is 10.1. The van der Waals surface area contributed by atoms with Crippen molar-refractivity contribution in [3.05, 3.63) is 54.3 Å². The summed E-state index contributed by atoms with van der Waals surface area (Å²) in [5.41, 5.74) is -0.881. The molecule has 1 fully saturated rings. The van der Waals surface area contributed by atoms with Crippen molar-refractivity contribution in [1.82, 2.24) is 24.8 Å². The third kappa shape index (κ3) is 5.16. The van der Waals surface area contributed by atoms with E-state index in [0.29, 0.717) is 25.3 Å². The molecule has 1 aliphatic heterocycles. The summed E-state index contributed by atoms with van der Waals surface area (Å²) in [6.07, 6.45) is 1.32. The highest BCUT2D eigenvalue weighted by atomic mass is 19.4. The number of carbonyl (C=O) groups excluding carboxylic acids is 2. The van der Waals surface area contributed by atoms with Gasteiger partial charge in [-0.15, -0.1) is 0 Å². The first kappa shape index (κ1) is 25.2. The van der Waals surface area contributed by atoms with Crippen LogP contribution in [0.2, 0.25) is 0 Å². The summed E-state index contributed by atoms with van der Waals surface area (Å²) in [4.78, 5) is 32.9. The molecule has 0 aliphatic carbocycles. The smallest absolute Gasteiger partial charge is 0.437 e. The molecular formula is C24H21F3N6O5. The van der Waals surface area contributed by atoms with Gasteiger partial charge in [0.1, 0.15) is 12.0 Å². The minimum absolute atomic E-state index is 0.0334. The fourth-order valence-corrected chi connectivity index (χ4v) is 4.18. The molecule has 4 aromatic rings. The number of aromatic nitrogens is 4. The molecule has 11 nitrogen and oxygen atoms in total. The zero-order valence-corrected chi connectivity index (χ0v) is 19.7. The number of ketones is 1. The van der Waals surface area contributed by atoms with E-state index >= 15 is 0 Å². The Bertz CT molecular complexity index is 1490. The number of rotatable bonds is 8. The van der Waals surface area contributed by atoms with Gasteiger partial charge in [-0.3, -0.25) is 14.0 Å². The van der Waals surface area contributed by atoms with Gasteiger partial charge in [0.2, 0.25) is 0 Å². The molecule has 38 heavy (non-hydrogen) atoms. The first-order valence-electron chi connectivity index (χ1n) is 11.5. The molecule has 5 rings (SSSR count). The molecule has 4 heterocycles. The Balaban J connectivity index is 1.30. The lowest BCUT2D eigenvalue weighted by Crippen LogP contribution is -2.30. The maximum Gasteiger partial charge on any atom is 0.437 e. The topological polar surface area (TPSA) is 144 Å². The van der Waals surface area contributed by atoms with Crippen molar-refractivity contribution < 1.29 is 37.1 Å². The number of aromatic hydroxyl groups is 1. The Morgan fingerprint density at radius 1 is 1.24 bits per heavy atom. The summed E-state index contributed by atoms with van der Waals surface area (Å²) in [6, 6.07) is 4.15. The molecular weight excluding hydrogens is 509 g/mol. The van der Waals surface area contributed by atoms with Gasteiger partial charge in [-0.1, -0.05) is 5.16 Å². The largest absolute Gasteiger partial charge is 0.507 e. The van der Waals surface area contributed by atoms with Gasteiger partial charge in [-0.05, 0) is 24.5 Å². The number of amides is 1. The third-order valence-electron chi connectivity index (χ3n) is 6.03. The van der Waals surface area contributed by atoms with E-state index in [4.69, 9.17) is 4.74 Å². The van der Waals surface area contributed by atoms with Gasteiger partial charge in [-0.25, -0.2) is 9.97 Å². The summed E-state index contributed by atoms with van der Waals surface area (Å²) in [5, 5.41) is 18.9. The lowest BCUT2D eigenvalue weighted by atomic mass is 10.0. The number of phenols is 1. The highest BCUT2D eigenvalue weighted by Gasteiger charge is 2.38. The molecule has 14 heteroatoms. The lowest BCUT2D eigenvalue weighted by Gasteiger charge is -2.11. The molecule has 0 unspecified atom stereocenters. The van der Waals surface area contributed by atoms with E-state index in [-0.39, 0.29) is 52.3 Å². The van der Waals surface area contributed by atoms with Crippen LogP contribution in [0.5, 0.6) is 5.75 Å². The standard InChI is InChI=1S/C24H21F3N6O5/c25-24(26,27)20-17(12-38-32-20)18-10-29-22-21(28-4-5-33(18)22)31-14-1-2-16(19(35)8-14)23(36)30-9-15(34)7-13-3-6-37-11-13/h1-2,4-5,8,10,12-13,35H,3,6-7,9,11H2,(H,28,31)(H,30,36)/t13-/m0/s1. The molecule has 3 N–H and O–H groups in total. The van der Waals surface area contributed by atoms with E-state index in [1.54, 1.807) is 0 Å². The Hall–Kier alpha value is -4.46. The molecule has 0 saturated carbocycles. The average Bonchev–Trinajstić information content (AvgIpc) is 3.63. The number of halogens is 3. The minimum atomic E-state index is -4.72. The van der Waals surface area contributed by atoms with Gasteiger partial charge in [-0.2, -0.15) is 13.2 Å². The van der Waals surface area contributed by atoms with Crippen molar-refractivity contribution >= 4 is 28.8 Å². The van der Waals surface area contributed by atoms with Crippen LogP contribution in [0.1, 0.15) is 28.9 Å². The Kier molecular flexibility index (Phi) is 6.72. The fraction of sp³-hybridized carbons (Fsp3) is 0.292. The molecule has 0 radical (unpaired) electrons. The second-order valence-corrected chi connectivity index (χ2v) is 8.70. The van der Waals surface area contributed by atoms with Crippen molar-refractivity contribution in [1.29, 1.82) is 0 Å². The summed E-state index contributed by atoms with van der Waals surface area (Å²) in [7, 11) is 0. The zero-order chi connectivity index (χ0) is 26.9. The highest BCUT2D eigenvalue weighted by molar-refractivity contribution is 5.99. The Morgan fingerprint density at radius 3 is 2.82 bits per heavy atom. The van der Waals surface area contributed by atoms with Crippen LogP contribution < -0.4 is 10.6 Å². The Labute approximate surface area is 212 Å². The summed E-state index contributed by atoms with van der Waals surface area (Å²) in [6.45, 7) is 1.00. The van der Waals surface area contributed by atoms with Crippen LogP contribution in [0.25, 0.3) is 16.9 Å². The fourth-order valence-electron chi connectivity index (χ4n) is 4.18. The van der Waals surface area contributed by atoms with E-state index in [9.17, 15) is 27.9 Å². The van der Waals surface area contributed by atoms with Crippen molar-refractivity contribution in [2.75, 3.05) is 25.1 Å². The van der Waals surface area contributed by atoms with Gasteiger partial charge < -0.3 is 25.0 Å². The molecule has 1 aliphatic rings. The van der Waals surface area contributed by atoms with Gasteiger partial charge in [0.25, 0.3) is 5.91 Å². The van der Waals surface area contributed by atoms with E-state index < -0.39 is 17.8 Å². The number of alkyl halides is 3. The molecule has 0 spiro atoms. The number of benzene rings is 1. The number of nitrogens with one attached hydrogen (secondary N) is 2. The maximum atomic E-state index is 13.3. The van der Waals surface area contributed by atoms with Crippen LogP contribution in [0, 0.1) is 5.92 Å². The van der Waals surface area contributed by atoms with Crippen LogP contribution in [0.3, 0.4) is 0 Å². The van der Waals surface area contributed by atoms with Crippen LogP contribution in [0.4, 0.5) is 24.7 Å². The maximum absolute atomic E-state index is 13.3. The molecule has 1 amide bonds. The minimum Gasteiger partial charge on any atom is -0.507 e. The lowest BCUT2D eigenvalue weighted by molar-refractivity contribution is -0.142. The van der Waals surface area contributed by atoms with Crippen molar-refractivity contribution in [2.45, 2.75) is 19.0 Å². The monoisotopic (exact) mass is 530 g/mol. The van der Waals surface area contributed by atoms with Gasteiger partial charge >= 0.3 is 6.18 Å². The van der Waals surface area contributed by atoms with E-state index in [0.717, 1.165) is 12.7 Å². The van der Waals surface area contributed by atoms with E-state index in [1.807, 2.05) is 0 Å². The van der Waals surface area contributed by atoms with Crippen molar-refractivity contribution in [3.8, 4) is 17.0 Å². The summed E-state index contributed by atoms with van der Waals surface area (Å²) >= 11 is 0. The number of anilines is 2. The molecule has 3 aromatic heterocycles. The van der Waals surface area contributed by atoms with Crippen molar-refractivity contribution in [2.24, 2.45) is 5.92 Å². The van der Waals surface area contributed by atoms with Crippen LogP contribution in [-0.4, -0.2) is 56.1 Å². The predicted molar refractivity (Wildman–Crippen MR) is 126 cm³/mol. The number of carbonyl (C=O) groups is 2. The number of nitrogens with zero attached hydrogens (tertiary/aromatic N) is 4. The van der Waals surface area contributed by atoms with Crippen LogP contribution in [-0.2, 0) is 15.7 Å². The normalized spacial score (nSPS) is 15.6. The number of imidazole rings is 1. The summed E-state index contributed by atoms with van der Waals surface area (Å²) < 4.78 is 51.0. The number of phenolic OH excluding ortho intramolecular Hbond substituents is 1. The molecule has 1 atom stereocenters. The SMILES string of the molecule is O=C(CNC(=O)c1ccc(Nc2nccn3c(-c4conc4C(F)(F)F)cnc23)cc1O)C[C@@H]1CCOC1. The average molecular weight is 530 g/mol. The zero-order valence-electron chi connectivity index (χ0n) is 19.7. The molecule has 198 valence electrons. The van der Waals surface area contributed by atoms with Crippen LogP contribution >= 0.6 is 0 Å². The molecule has 0 bridgehead atoms. The summed E-state index contributed by atoms with van der Waals surface area (Å²) in [5.74, 6) is -0.748. The Morgan fingerprint density at radius 2 is 2.08 bits per heavy atom. The van der Waals surface area contributed by atoms with Crippen molar-refractivity contribution in [3.63, 3.8) is 0 Å². The number of ether oxygens (including phenoxy) is 1. The number of hydrogen-bond donors (Lipinski definition) is 3. The second-order valence-electron chi connectivity index (χ2n) is 8.70. The van der Waals surface area contributed by atoms with Gasteiger partial charge in [0.05, 0.1) is 29.6 Å². The highest BCUT2D eigenvalue weighted by Crippen LogP contribution is 2.37. The first-order valence-corrected chi connectivity index (χ1v) is 11.5. The predicted octanol–water partition coefficient (Wildman–Crippen LogP) is 3.58. The number of Topliss-reactive ketones (excluding diaryl/α,β-unsaturated/α-hetero) is 1. The van der Waals surface area contributed by atoms with Gasteiger partial charge in [0.15, 0.2) is 22.9 Å². The number of hydrogen-bond acceptors (Lipinski definition) is 9. The third-order valence-corrected chi connectivity index (χ3v) is 6.03. The number of fused-ring (bicyclic) bond motifs is 1. The van der Waals surface area contributed by atoms with Gasteiger partial charge in [0, 0.05) is 43.8 Å². The quantitative estimate of drug-likeness (QED) is 0.311. The van der Waals surface area contributed by atoms with E-state index in [2.05, 4.69) is 30.3 Å². The van der Waals surface area contributed by atoms with Crippen LogP contribution in [0.15, 0.2) is 47.6 Å².